The van der Waals surface area contributed by atoms with E-state index in [9.17, 15) is 9.59 Å². The first-order chi connectivity index (χ1) is 10.1. The zero-order valence-electron chi connectivity index (χ0n) is 11.7. The van der Waals surface area contributed by atoms with Gasteiger partial charge in [0.05, 0.1) is 11.3 Å². The van der Waals surface area contributed by atoms with Gasteiger partial charge >= 0.3 is 5.97 Å². The molecule has 0 radical (unpaired) electrons. The molecule has 1 saturated heterocycles. The van der Waals surface area contributed by atoms with Crippen LogP contribution in [0.1, 0.15) is 36.0 Å². The van der Waals surface area contributed by atoms with Gasteiger partial charge in [-0.15, -0.1) is 0 Å². The van der Waals surface area contributed by atoms with Gasteiger partial charge in [0.15, 0.2) is 0 Å². The molecule has 1 unspecified atom stereocenters. The zero-order valence-corrected chi connectivity index (χ0v) is 12.4. The minimum atomic E-state index is -1.11. The van der Waals surface area contributed by atoms with Gasteiger partial charge in [0, 0.05) is 11.4 Å². The largest absolute Gasteiger partial charge is 0.478 e. The maximum absolute atomic E-state index is 12.0. The number of hydrogen-bond donors (Lipinski definition) is 3. The fourth-order valence-corrected chi connectivity index (χ4v) is 2.69. The van der Waals surface area contributed by atoms with Crippen molar-refractivity contribution in [3.05, 3.63) is 28.8 Å². The monoisotopic (exact) mass is 310 g/mol. The van der Waals surface area contributed by atoms with E-state index in [0.29, 0.717) is 23.0 Å². The van der Waals surface area contributed by atoms with Gasteiger partial charge in [-0.2, -0.15) is 0 Å². The number of nitrogens with one attached hydrogen (secondary N) is 2. The smallest absolute Gasteiger partial charge is 0.337 e. The maximum atomic E-state index is 12.0. The number of piperidine rings is 1. The summed E-state index contributed by atoms with van der Waals surface area (Å²) in [6, 6.07) is 4.42. The molecule has 6 heteroatoms. The molecule has 5 nitrogen and oxygen atoms in total. The third-order valence-corrected chi connectivity index (χ3v) is 3.90. The van der Waals surface area contributed by atoms with Crippen molar-refractivity contribution in [2.45, 2.75) is 25.7 Å². The molecule has 0 spiro atoms. The third kappa shape index (κ3) is 4.72. The van der Waals surface area contributed by atoms with Crippen LogP contribution in [0.2, 0.25) is 5.02 Å². The second kappa shape index (κ2) is 7.43. The molecule has 0 saturated carbocycles. The molecule has 21 heavy (non-hydrogen) atoms. The molecule has 0 aliphatic carbocycles. The van der Waals surface area contributed by atoms with E-state index >= 15 is 0 Å². The van der Waals surface area contributed by atoms with Crippen LogP contribution in [0, 0.1) is 5.92 Å². The molecule has 1 aliphatic heterocycles. The highest BCUT2D eigenvalue weighted by atomic mass is 35.5. The number of benzene rings is 1. The Balaban J connectivity index is 1.91. The lowest BCUT2D eigenvalue weighted by Crippen LogP contribution is -2.30. The van der Waals surface area contributed by atoms with Crippen LogP contribution in [-0.4, -0.2) is 30.1 Å². The van der Waals surface area contributed by atoms with Gasteiger partial charge < -0.3 is 15.7 Å². The summed E-state index contributed by atoms with van der Waals surface area (Å²) < 4.78 is 0. The number of amides is 1. The average Bonchev–Trinajstić information content (AvgIpc) is 2.48. The van der Waals surface area contributed by atoms with Crippen molar-refractivity contribution >= 4 is 29.2 Å². The zero-order chi connectivity index (χ0) is 15.2. The Bertz CT molecular complexity index is 528. The van der Waals surface area contributed by atoms with Crippen LogP contribution in [0.4, 0.5) is 5.69 Å². The van der Waals surface area contributed by atoms with E-state index in [1.165, 1.54) is 12.1 Å². The normalized spacial score (nSPS) is 18.2. The molecule has 1 atom stereocenters. The molecule has 1 heterocycles. The van der Waals surface area contributed by atoms with Gasteiger partial charge in [-0.1, -0.05) is 11.6 Å². The summed E-state index contributed by atoms with van der Waals surface area (Å²) in [4.78, 5) is 23.1. The highest BCUT2D eigenvalue weighted by molar-refractivity contribution is 6.31. The van der Waals surface area contributed by atoms with Gasteiger partial charge in [0.25, 0.3) is 0 Å². The number of carbonyl (C=O) groups excluding carboxylic acids is 1. The Labute approximate surface area is 128 Å². The van der Waals surface area contributed by atoms with E-state index in [1.54, 1.807) is 6.07 Å². The molecule has 114 valence electrons. The summed E-state index contributed by atoms with van der Waals surface area (Å²) in [7, 11) is 0. The molecule has 2 rings (SSSR count). The molecule has 0 aromatic heterocycles. The van der Waals surface area contributed by atoms with Crippen LogP contribution in [0.3, 0.4) is 0 Å². The van der Waals surface area contributed by atoms with E-state index in [-0.39, 0.29) is 11.5 Å². The van der Waals surface area contributed by atoms with Crippen LogP contribution in [-0.2, 0) is 4.79 Å². The predicted molar refractivity (Wildman–Crippen MR) is 81.9 cm³/mol. The second-order valence-electron chi connectivity index (χ2n) is 5.29. The molecule has 0 bridgehead atoms. The fourth-order valence-electron chi connectivity index (χ4n) is 2.52. The van der Waals surface area contributed by atoms with Gasteiger partial charge in [0.2, 0.25) is 5.91 Å². The van der Waals surface area contributed by atoms with Crippen molar-refractivity contribution in [1.82, 2.24) is 5.32 Å². The number of rotatable bonds is 5. The Morgan fingerprint density at radius 3 is 2.90 bits per heavy atom. The van der Waals surface area contributed by atoms with Crippen molar-refractivity contribution in [1.29, 1.82) is 0 Å². The van der Waals surface area contributed by atoms with Crippen molar-refractivity contribution in [2.75, 3.05) is 18.4 Å². The molecule has 1 aromatic rings. The molecular weight excluding hydrogens is 292 g/mol. The summed E-state index contributed by atoms with van der Waals surface area (Å²) in [5.74, 6) is -0.747. The first kappa shape index (κ1) is 15.8. The number of carboxylic acids is 1. The highest BCUT2D eigenvalue weighted by Crippen LogP contribution is 2.22. The summed E-state index contributed by atoms with van der Waals surface area (Å²) in [5.41, 5.74) is 0.300. The minimum absolute atomic E-state index is 0.00943. The molecule has 3 N–H and O–H groups in total. The van der Waals surface area contributed by atoms with Crippen LogP contribution in [0.25, 0.3) is 0 Å². The summed E-state index contributed by atoms with van der Waals surface area (Å²) in [5, 5.41) is 15.4. The lowest BCUT2D eigenvalue weighted by Gasteiger charge is -2.22. The fraction of sp³-hybridized carbons (Fsp3) is 0.467. The van der Waals surface area contributed by atoms with Gasteiger partial charge in [-0.25, -0.2) is 4.79 Å². The Morgan fingerprint density at radius 1 is 1.43 bits per heavy atom. The summed E-state index contributed by atoms with van der Waals surface area (Å²) >= 11 is 5.78. The lowest BCUT2D eigenvalue weighted by atomic mass is 9.94. The van der Waals surface area contributed by atoms with Gasteiger partial charge in [0.1, 0.15) is 0 Å². The van der Waals surface area contributed by atoms with Crippen LogP contribution < -0.4 is 10.6 Å². The number of carboxylic acid groups (broad SMARTS) is 1. The third-order valence-electron chi connectivity index (χ3n) is 3.66. The highest BCUT2D eigenvalue weighted by Gasteiger charge is 2.16. The number of carbonyl (C=O) groups is 2. The first-order valence-electron chi connectivity index (χ1n) is 7.09. The van der Waals surface area contributed by atoms with E-state index in [4.69, 9.17) is 16.7 Å². The lowest BCUT2D eigenvalue weighted by molar-refractivity contribution is -0.116. The van der Waals surface area contributed by atoms with E-state index in [1.807, 2.05) is 0 Å². The number of hydrogen-bond acceptors (Lipinski definition) is 3. The summed E-state index contributed by atoms with van der Waals surface area (Å²) in [6.45, 7) is 2.00. The molecule has 1 aromatic carbocycles. The standard InChI is InChI=1S/C15H19ClN2O3/c16-11-4-5-13(12(8-11)15(20)21)18-14(19)6-3-10-2-1-7-17-9-10/h4-5,8,10,17H,1-3,6-7,9H2,(H,18,19)(H,20,21). The molecule has 1 aliphatic rings. The SMILES string of the molecule is O=C(CCC1CCCNC1)Nc1ccc(Cl)cc1C(=O)O. The van der Waals surface area contributed by atoms with Crippen molar-refractivity contribution < 1.29 is 14.7 Å². The first-order valence-corrected chi connectivity index (χ1v) is 7.47. The predicted octanol–water partition coefficient (Wildman–Crippen LogP) is 2.76. The number of halogens is 1. The van der Waals surface area contributed by atoms with Gasteiger partial charge in [-0.3, -0.25) is 4.79 Å². The maximum Gasteiger partial charge on any atom is 0.337 e. The van der Waals surface area contributed by atoms with E-state index in [2.05, 4.69) is 10.6 Å². The Morgan fingerprint density at radius 2 is 2.24 bits per heavy atom. The van der Waals surface area contributed by atoms with E-state index in [0.717, 1.165) is 32.4 Å². The molecule has 1 fully saturated rings. The quantitative estimate of drug-likeness (QED) is 0.781. The topological polar surface area (TPSA) is 78.4 Å². The minimum Gasteiger partial charge on any atom is -0.478 e. The molecule has 1 amide bonds. The average molecular weight is 311 g/mol. The second-order valence-corrected chi connectivity index (χ2v) is 5.73. The van der Waals surface area contributed by atoms with E-state index < -0.39 is 5.97 Å². The van der Waals surface area contributed by atoms with Crippen LogP contribution >= 0.6 is 11.6 Å². The van der Waals surface area contributed by atoms with Crippen LogP contribution in [0.15, 0.2) is 18.2 Å². The Kier molecular flexibility index (Phi) is 5.59. The molecular formula is C15H19ClN2O3. The summed E-state index contributed by atoms with van der Waals surface area (Å²) in [6.07, 6.45) is 3.50. The van der Waals surface area contributed by atoms with Crippen LogP contribution in [0.5, 0.6) is 0 Å². The van der Waals surface area contributed by atoms with Crippen molar-refractivity contribution in [3.63, 3.8) is 0 Å². The number of anilines is 1. The van der Waals surface area contributed by atoms with Crippen molar-refractivity contribution in [3.8, 4) is 0 Å². The van der Waals surface area contributed by atoms with Crippen molar-refractivity contribution in [2.24, 2.45) is 5.92 Å². The Hall–Kier alpha value is -1.59. The number of aromatic carboxylic acids is 1. The van der Waals surface area contributed by atoms with Gasteiger partial charge in [-0.05, 0) is 56.5 Å².